The second kappa shape index (κ2) is 3.99. The van der Waals surface area contributed by atoms with Gasteiger partial charge in [0.05, 0.1) is 5.69 Å². The molecule has 1 aliphatic rings. The van der Waals surface area contributed by atoms with Gasteiger partial charge in [-0.25, -0.2) is 4.39 Å². The zero-order valence-electron chi connectivity index (χ0n) is 8.30. The van der Waals surface area contributed by atoms with E-state index in [1.165, 1.54) is 25.3 Å². The van der Waals surface area contributed by atoms with Crippen molar-refractivity contribution in [3.63, 3.8) is 0 Å². The average Bonchev–Trinajstić information content (AvgIpc) is 2.19. The predicted molar refractivity (Wildman–Crippen MR) is 56.9 cm³/mol. The van der Waals surface area contributed by atoms with Crippen LogP contribution in [0.15, 0.2) is 18.2 Å². The Morgan fingerprint density at radius 3 is 2.50 bits per heavy atom. The Morgan fingerprint density at radius 1 is 1.14 bits per heavy atom. The van der Waals surface area contributed by atoms with Crippen molar-refractivity contribution in [1.29, 1.82) is 0 Å². The maximum atomic E-state index is 13.6. The molecule has 0 amide bonds. The first kappa shape index (κ1) is 9.50. The lowest BCUT2D eigenvalue weighted by atomic mass is 10.1. The summed E-state index contributed by atoms with van der Waals surface area (Å²) < 4.78 is 13.6. The van der Waals surface area contributed by atoms with Gasteiger partial charge in [-0.2, -0.15) is 0 Å². The molecule has 1 fully saturated rings. The monoisotopic (exact) mass is 192 g/mol. The van der Waals surface area contributed by atoms with Gasteiger partial charge in [-0.05, 0) is 43.9 Å². The summed E-state index contributed by atoms with van der Waals surface area (Å²) in [4.78, 5) is 2.12. The third kappa shape index (κ3) is 1.89. The smallest absolute Gasteiger partial charge is 0.146 e. The largest absolute Gasteiger partial charge is 0.369 e. The zero-order valence-corrected chi connectivity index (χ0v) is 8.30. The lowest BCUT2D eigenvalue weighted by molar-refractivity contribution is 0.557. The SMILES string of the molecule is [CH2]c1ccc(N2CCCCC2)c(F)c1. The number of rotatable bonds is 1. The Labute approximate surface area is 84.5 Å². The van der Waals surface area contributed by atoms with Gasteiger partial charge in [0.2, 0.25) is 0 Å². The summed E-state index contributed by atoms with van der Waals surface area (Å²) in [6, 6.07) is 5.21. The number of anilines is 1. The molecule has 0 aromatic heterocycles. The van der Waals surface area contributed by atoms with Gasteiger partial charge in [-0.3, -0.25) is 0 Å². The minimum Gasteiger partial charge on any atom is -0.369 e. The van der Waals surface area contributed by atoms with Crippen LogP contribution in [0.4, 0.5) is 10.1 Å². The molecule has 1 saturated heterocycles. The van der Waals surface area contributed by atoms with Crippen LogP contribution in [-0.2, 0) is 0 Å². The molecule has 1 aromatic carbocycles. The van der Waals surface area contributed by atoms with Crippen molar-refractivity contribution in [2.45, 2.75) is 19.3 Å². The minimum absolute atomic E-state index is 0.139. The van der Waals surface area contributed by atoms with E-state index in [1.54, 1.807) is 0 Å². The van der Waals surface area contributed by atoms with E-state index in [0.717, 1.165) is 24.3 Å². The third-order valence-electron chi connectivity index (χ3n) is 2.71. The fourth-order valence-electron chi connectivity index (χ4n) is 1.94. The Bertz CT molecular complexity index is 316. The highest BCUT2D eigenvalue weighted by molar-refractivity contribution is 5.49. The first-order valence-electron chi connectivity index (χ1n) is 5.14. The van der Waals surface area contributed by atoms with Crippen molar-refractivity contribution in [1.82, 2.24) is 0 Å². The number of benzene rings is 1. The molecule has 1 aromatic rings. The first-order valence-corrected chi connectivity index (χ1v) is 5.14. The number of halogens is 1. The summed E-state index contributed by atoms with van der Waals surface area (Å²) >= 11 is 0. The summed E-state index contributed by atoms with van der Waals surface area (Å²) in [5, 5.41) is 0. The van der Waals surface area contributed by atoms with Crippen LogP contribution in [0.3, 0.4) is 0 Å². The maximum Gasteiger partial charge on any atom is 0.146 e. The lowest BCUT2D eigenvalue weighted by Crippen LogP contribution is -2.30. The van der Waals surface area contributed by atoms with E-state index in [1.807, 2.05) is 12.1 Å². The van der Waals surface area contributed by atoms with E-state index in [9.17, 15) is 4.39 Å². The summed E-state index contributed by atoms with van der Waals surface area (Å²) in [7, 11) is 0. The normalized spacial score (nSPS) is 17.1. The van der Waals surface area contributed by atoms with Crippen LogP contribution in [0, 0.1) is 12.7 Å². The molecular formula is C12H15FN. The van der Waals surface area contributed by atoms with Crippen molar-refractivity contribution in [2.24, 2.45) is 0 Å². The number of hydrogen-bond acceptors (Lipinski definition) is 1. The fourth-order valence-corrected chi connectivity index (χ4v) is 1.94. The predicted octanol–water partition coefficient (Wildman–Crippen LogP) is 3.00. The van der Waals surface area contributed by atoms with E-state index in [0.29, 0.717) is 0 Å². The molecule has 1 heterocycles. The standard InChI is InChI=1S/C12H15FN/c1-10-5-6-12(11(13)9-10)14-7-3-2-4-8-14/h5-6,9H,1-4,7-8H2. The number of piperidine rings is 1. The Morgan fingerprint density at radius 2 is 1.86 bits per heavy atom. The molecule has 0 bridgehead atoms. The van der Waals surface area contributed by atoms with Gasteiger partial charge in [-0.1, -0.05) is 6.07 Å². The van der Waals surface area contributed by atoms with Crippen molar-refractivity contribution < 1.29 is 4.39 Å². The first-order chi connectivity index (χ1) is 6.77. The second-order valence-electron chi connectivity index (χ2n) is 3.83. The van der Waals surface area contributed by atoms with Gasteiger partial charge in [0.25, 0.3) is 0 Å². The fraction of sp³-hybridized carbons (Fsp3) is 0.417. The van der Waals surface area contributed by atoms with Crippen LogP contribution in [-0.4, -0.2) is 13.1 Å². The molecule has 1 aliphatic heterocycles. The van der Waals surface area contributed by atoms with Gasteiger partial charge in [-0.15, -0.1) is 0 Å². The second-order valence-corrected chi connectivity index (χ2v) is 3.83. The maximum absolute atomic E-state index is 13.6. The topological polar surface area (TPSA) is 3.24 Å². The highest BCUT2D eigenvalue weighted by Gasteiger charge is 2.14. The molecule has 2 heteroatoms. The summed E-state index contributed by atoms with van der Waals surface area (Å²) in [5.41, 5.74) is 1.47. The van der Waals surface area contributed by atoms with E-state index in [4.69, 9.17) is 0 Å². The van der Waals surface area contributed by atoms with Crippen LogP contribution < -0.4 is 4.90 Å². The molecule has 14 heavy (non-hydrogen) atoms. The Balaban J connectivity index is 2.22. The molecule has 0 aliphatic carbocycles. The van der Waals surface area contributed by atoms with Gasteiger partial charge in [0, 0.05) is 13.1 Å². The summed E-state index contributed by atoms with van der Waals surface area (Å²) in [6.07, 6.45) is 3.61. The van der Waals surface area contributed by atoms with Crippen LogP contribution in [0.1, 0.15) is 24.8 Å². The number of nitrogens with zero attached hydrogens (tertiary/aromatic N) is 1. The lowest BCUT2D eigenvalue weighted by Gasteiger charge is -2.29. The molecule has 0 saturated carbocycles. The molecule has 0 atom stereocenters. The molecule has 0 unspecified atom stereocenters. The van der Waals surface area contributed by atoms with E-state index in [2.05, 4.69) is 11.8 Å². The van der Waals surface area contributed by atoms with Crippen molar-refractivity contribution >= 4 is 5.69 Å². The van der Waals surface area contributed by atoms with Crippen LogP contribution >= 0.6 is 0 Å². The van der Waals surface area contributed by atoms with E-state index < -0.39 is 0 Å². The highest BCUT2D eigenvalue weighted by Crippen LogP contribution is 2.23. The van der Waals surface area contributed by atoms with Gasteiger partial charge in [0.15, 0.2) is 0 Å². The summed E-state index contributed by atoms with van der Waals surface area (Å²) in [6.45, 7) is 5.67. The molecule has 1 radical (unpaired) electrons. The number of hydrogen-bond donors (Lipinski definition) is 0. The van der Waals surface area contributed by atoms with Crippen molar-refractivity contribution in [3.8, 4) is 0 Å². The van der Waals surface area contributed by atoms with E-state index in [-0.39, 0.29) is 5.82 Å². The molecule has 2 rings (SSSR count). The molecule has 0 spiro atoms. The van der Waals surface area contributed by atoms with Gasteiger partial charge < -0.3 is 4.90 Å². The van der Waals surface area contributed by atoms with Gasteiger partial charge >= 0.3 is 0 Å². The molecule has 0 N–H and O–H groups in total. The molecule has 1 nitrogen and oxygen atoms in total. The van der Waals surface area contributed by atoms with Crippen LogP contribution in [0.25, 0.3) is 0 Å². The van der Waals surface area contributed by atoms with Crippen molar-refractivity contribution in [3.05, 3.63) is 36.5 Å². The van der Waals surface area contributed by atoms with Crippen LogP contribution in [0.2, 0.25) is 0 Å². The van der Waals surface area contributed by atoms with Crippen LogP contribution in [0.5, 0.6) is 0 Å². The zero-order chi connectivity index (χ0) is 9.97. The van der Waals surface area contributed by atoms with Crippen molar-refractivity contribution in [2.75, 3.05) is 18.0 Å². The minimum atomic E-state index is -0.139. The average molecular weight is 192 g/mol. The molecular weight excluding hydrogens is 177 g/mol. The third-order valence-corrected chi connectivity index (χ3v) is 2.71. The van der Waals surface area contributed by atoms with E-state index >= 15 is 0 Å². The Kier molecular flexibility index (Phi) is 2.71. The Hall–Kier alpha value is -1.05. The van der Waals surface area contributed by atoms with Gasteiger partial charge in [0.1, 0.15) is 5.82 Å². The molecule has 75 valence electrons. The summed E-state index contributed by atoms with van der Waals surface area (Å²) in [5.74, 6) is -0.139. The highest BCUT2D eigenvalue weighted by atomic mass is 19.1. The quantitative estimate of drug-likeness (QED) is 0.661.